The lowest BCUT2D eigenvalue weighted by Gasteiger charge is -2.24. The van der Waals surface area contributed by atoms with E-state index in [4.69, 9.17) is 10.5 Å². The molecule has 0 aliphatic rings. The van der Waals surface area contributed by atoms with E-state index in [2.05, 4.69) is 47.2 Å². The fourth-order valence-electron chi connectivity index (χ4n) is 1.58. The van der Waals surface area contributed by atoms with E-state index in [1.165, 1.54) is 0 Å². The third-order valence-electron chi connectivity index (χ3n) is 2.77. The molecule has 0 heterocycles. The van der Waals surface area contributed by atoms with E-state index in [9.17, 15) is 0 Å². The summed E-state index contributed by atoms with van der Waals surface area (Å²) in [6.45, 7) is 4.96. The summed E-state index contributed by atoms with van der Waals surface area (Å²) in [7, 11) is 0. The molecule has 1 aromatic carbocycles. The Kier molecular flexibility index (Phi) is 5.19. The largest absolute Gasteiger partial charge is 0.383 e. The predicted molar refractivity (Wildman–Crippen MR) is 76.0 cm³/mol. The van der Waals surface area contributed by atoms with Crippen LogP contribution in [0.5, 0.6) is 0 Å². The summed E-state index contributed by atoms with van der Waals surface area (Å²) < 4.78 is 0.943. The molecule has 0 radical (unpaired) electrons. The fourth-order valence-corrected chi connectivity index (χ4v) is 1.94. The molecule has 0 unspecified atom stereocenters. The minimum atomic E-state index is 0.0325. The highest BCUT2D eigenvalue weighted by Gasteiger charge is 2.17. The average molecular weight is 306 g/mol. The lowest BCUT2D eigenvalue weighted by Crippen LogP contribution is -2.23. The number of hydrogen-bond donors (Lipinski definition) is 1. The number of halogens is 1. The molecular weight excluding hydrogens is 290 g/mol. The van der Waals surface area contributed by atoms with Crippen molar-refractivity contribution < 1.29 is 0 Å². The summed E-state index contributed by atoms with van der Waals surface area (Å²) in [5.41, 5.74) is 1.50. The molecule has 1 aromatic rings. The highest BCUT2D eigenvalue weighted by Crippen LogP contribution is 2.25. The lowest BCUT2D eigenvalue weighted by atomic mass is 9.88. The van der Waals surface area contributed by atoms with Gasteiger partial charge in [-0.2, -0.15) is 10.5 Å². The van der Waals surface area contributed by atoms with Gasteiger partial charge in [0.05, 0.1) is 17.3 Å². The average Bonchev–Trinajstić information content (AvgIpc) is 2.34. The van der Waals surface area contributed by atoms with E-state index in [-0.39, 0.29) is 5.41 Å². The molecule has 18 heavy (non-hydrogen) atoms. The van der Waals surface area contributed by atoms with Crippen LogP contribution in [0.2, 0.25) is 0 Å². The van der Waals surface area contributed by atoms with Crippen LogP contribution in [0.4, 0.5) is 5.69 Å². The Balaban J connectivity index is 2.72. The van der Waals surface area contributed by atoms with Gasteiger partial charge in [-0.3, -0.25) is 0 Å². The summed E-state index contributed by atoms with van der Waals surface area (Å²) in [4.78, 5) is 0. The Hall–Kier alpha value is -1.52. The molecule has 0 aromatic heterocycles. The molecule has 0 aliphatic heterocycles. The molecule has 0 amide bonds. The number of hydrogen-bond acceptors (Lipinski definition) is 3. The highest BCUT2D eigenvalue weighted by atomic mass is 79.9. The minimum absolute atomic E-state index is 0.0325. The van der Waals surface area contributed by atoms with Crippen molar-refractivity contribution in [2.45, 2.75) is 26.7 Å². The summed E-state index contributed by atoms with van der Waals surface area (Å²) in [5.74, 6) is 0. The molecular formula is C14H16BrN3. The topological polar surface area (TPSA) is 59.6 Å². The van der Waals surface area contributed by atoms with E-state index >= 15 is 0 Å². The van der Waals surface area contributed by atoms with Crippen molar-refractivity contribution in [2.75, 3.05) is 11.9 Å². The van der Waals surface area contributed by atoms with Crippen molar-refractivity contribution in [1.29, 1.82) is 10.5 Å². The maximum atomic E-state index is 9.03. The molecule has 0 aliphatic carbocycles. The first kappa shape index (κ1) is 14.5. The van der Waals surface area contributed by atoms with Crippen molar-refractivity contribution in [3.05, 3.63) is 28.2 Å². The van der Waals surface area contributed by atoms with Crippen LogP contribution < -0.4 is 5.32 Å². The van der Waals surface area contributed by atoms with Gasteiger partial charge in [0, 0.05) is 17.4 Å². The number of nitrogens with one attached hydrogen (secondary N) is 1. The van der Waals surface area contributed by atoms with E-state index in [0.717, 1.165) is 23.1 Å². The molecule has 4 heteroatoms. The quantitative estimate of drug-likeness (QED) is 0.892. The van der Waals surface area contributed by atoms with E-state index in [0.29, 0.717) is 12.0 Å². The molecule has 0 bridgehead atoms. The van der Waals surface area contributed by atoms with Crippen molar-refractivity contribution in [3.63, 3.8) is 0 Å². The smallest absolute Gasteiger partial charge is 0.101 e. The molecule has 94 valence electrons. The van der Waals surface area contributed by atoms with Gasteiger partial charge in [0.25, 0.3) is 0 Å². The van der Waals surface area contributed by atoms with Gasteiger partial charge in [-0.15, -0.1) is 0 Å². The number of anilines is 1. The molecule has 1 rings (SSSR count). The Morgan fingerprint density at radius 3 is 2.67 bits per heavy atom. The van der Waals surface area contributed by atoms with Gasteiger partial charge >= 0.3 is 0 Å². The molecule has 0 saturated heterocycles. The Morgan fingerprint density at radius 1 is 1.33 bits per heavy atom. The van der Waals surface area contributed by atoms with Crippen LogP contribution in [0.1, 0.15) is 32.3 Å². The second-order valence-electron chi connectivity index (χ2n) is 4.98. The number of nitrogens with zero attached hydrogens (tertiary/aromatic N) is 2. The number of nitriles is 2. The van der Waals surface area contributed by atoms with E-state index in [1.54, 1.807) is 6.07 Å². The summed E-state index contributed by atoms with van der Waals surface area (Å²) in [6.07, 6.45) is 1.39. The minimum Gasteiger partial charge on any atom is -0.383 e. The van der Waals surface area contributed by atoms with Gasteiger partial charge in [-0.25, -0.2) is 0 Å². The monoisotopic (exact) mass is 305 g/mol. The molecule has 1 N–H and O–H groups in total. The normalized spacial score (nSPS) is 10.5. The van der Waals surface area contributed by atoms with Crippen molar-refractivity contribution in [2.24, 2.45) is 5.41 Å². The van der Waals surface area contributed by atoms with Crippen LogP contribution >= 0.6 is 15.9 Å². The van der Waals surface area contributed by atoms with Gasteiger partial charge in [-0.1, -0.05) is 29.8 Å². The third-order valence-corrected chi connectivity index (χ3v) is 3.27. The first-order valence-electron chi connectivity index (χ1n) is 5.79. The van der Waals surface area contributed by atoms with E-state index < -0.39 is 0 Å². The van der Waals surface area contributed by atoms with Crippen molar-refractivity contribution >= 4 is 21.6 Å². The standard InChI is InChI=1S/C14H16BrN3/c1-14(2,6-3-7-16)10-18-13-8-12(15)5-4-11(13)9-17/h4-5,8,18H,3,6,10H2,1-2H3. The zero-order valence-corrected chi connectivity index (χ0v) is 12.2. The van der Waals surface area contributed by atoms with Crippen LogP contribution in [-0.4, -0.2) is 6.54 Å². The first-order chi connectivity index (χ1) is 8.48. The first-order valence-corrected chi connectivity index (χ1v) is 6.58. The Morgan fingerprint density at radius 2 is 2.06 bits per heavy atom. The Labute approximate surface area is 117 Å². The lowest BCUT2D eigenvalue weighted by molar-refractivity contribution is 0.364. The van der Waals surface area contributed by atoms with Crippen molar-refractivity contribution in [1.82, 2.24) is 0 Å². The predicted octanol–water partition coefficient (Wildman–Crippen LogP) is 4.06. The number of benzene rings is 1. The molecule has 3 nitrogen and oxygen atoms in total. The fraction of sp³-hybridized carbons (Fsp3) is 0.429. The van der Waals surface area contributed by atoms with Crippen LogP contribution in [0, 0.1) is 28.1 Å². The van der Waals surface area contributed by atoms with Crippen LogP contribution in [0.15, 0.2) is 22.7 Å². The summed E-state index contributed by atoms with van der Waals surface area (Å²) in [6, 6.07) is 9.87. The maximum Gasteiger partial charge on any atom is 0.101 e. The van der Waals surface area contributed by atoms with Crippen LogP contribution in [-0.2, 0) is 0 Å². The zero-order chi connectivity index (χ0) is 13.6. The second-order valence-corrected chi connectivity index (χ2v) is 5.89. The summed E-state index contributed by atoms with van der Waals surface area (Å²) in [5, 5.41) is 20.9. The molecule has 0 fully saturated rings. The van der Waals surface area contributed by atoms with Gasteiger partial charge in [-0.05, 0) is 30.0 Å². The van der Waals surface area contributed by atoms with Gasteiger partial charge < -0.3 is 5.32 Å². The summed E-state index contributed by atoms with van der Waals surface area (Å²) >= 11 is 3.40. The van der Waals surface area contributed by atoms with Crippen LogP contribution in [0.3, 0.4) is 0 Å². The zero-order valence-electron chi connectivity index (χ0n) is 10.6. The van der Waals surface area contributed by atoms with Crippen molar-refractivity contribution in [3.8, 4) is 12.1 Å². The molecule has 0 atom stereocenters. The van der Waals surface area contributed by atoms with Crippen LogP contribution in [0.25, 0.3) is 0 Å². The third kappa shape index (κ3) is 4.39. The highest BCUT2D eigenvalue weighted by molar-refractivity contribution is 9.10. The number of rotatable bonds is 5. The molecule has 0 spiro atoms. The molecule has 0 saturated carbocycles. The van der Waals surface area contributed by atoms with E-state index in [1.807, 2.05) is 12.1 Å². The van der Waals surface area contributed by atoms with Gasteiger partial charge in [0.2, 0.25) is 0 Å². The Bertz CT molecular complexity index is 495. The second kappa shape index (κ2) is 6.42. The maximum absolute atomic E-state index is 9.03. The SMILES string of the molecule is CC(C)(CCC#N)CNc1cc(Br)ccc1C#N. The van der Waals surface area contributed by atoms with Gasteiger partial charge in [0.1, 0.15) is 6.07 Å². The van der Waals surface area contributed by atoms with Gasteiger partial charge in [0.15, 0.2) is 0 Å².